The molecule has 0 aromatic rings. The Balaban J connectivity index is 0.00000200. The zero-order chi connectivity index (χ0) is 13.9. The molecule has 1 aliphatic heterocycles. The number of sulfonamides is 1. The van der Waals surface area contributed by atoms with Gasteiger partial charge in [-0.15, -0.1) is 12.4 Å². The number of halogens is 1. The monoisotopic (exact) mass is 325 g/mol. The lowest BCUT2D eigenvalue weighted by Crippen LogP contribution is -2.48. The van der Waals surface area contributed by atoms with Crippen LogP contribution in [-0.2, 0) is 14.8 Å². The van der Waals surface area contributed by atoms with E-state index >= 15 is 0 Å². The Bertz CT molecular complexity index is 430. The van der Waals surface area contributed by atoms with Crippen LogP contribution in [0.1, 0.15) is 32.1 Å². The van der Waals surface area contributed by atoms with Crippen molar-refractivity contribution in [2.45, 2.75) is 38.1 Å². The summed E-state index contributed by atoms with van der Waals surface area (Å²) in [5.74, 6) is 0.290. The summed E-state index contributed by atoms with van der Waals surface area (Å²) in [5, 5.41) is 2.96. The zero-order valence-electron chi connectivity index (χ0n) is 11.6. The van der Waals surface area contributed by atoms with E-state index in [0.717, 1.165) is 25.7 Å². The van der Waals surface area contributed by atoms with Gasteiger partial charge in [0.25, 0.3) is 0 Å². The van der Waals surface area contributed by atoms with Gasteiger partial charge in [-0.25, -0.2) is 8.42 Å². The Hall–Kier alpha value is -0.370. The highest BCUT2D eigenvalue weighted by molar-refractivity contribution is 7.89. The molecule has 0 bridgehead atoms. The summed E-state index contributed by atoms with van der Waals surface area (Å²) in [7, 11) is -3.19. The molecular formula is C12H24ClN3O3S. The minimum absolute atomic E-state index is 0. The van der Waals surface area contributed by atoms with E-state index in [4.69, 9.17) is 5.73 Å². The van der Waals surface area contributed by atoms with Gasteiger partial charge in [-0.3, -0.25) is 4.79 Å². The molecule has 2 rings (SSSR count). The zero-order valence-corrected chi connectivity index (χ0v) is 13.2. The average Bonchev–Trinajstić information content (AvgIpc) is 2.69. The summed E-state index contributed by atoms with van der Waals surface area (Å²) in [6.45, 7) is 0.990. The molecule has 20 heavy (non-hydrogen) atoms. The molecule has 2 unspecified atom stereocenters. The smallest absolute Gasteiger partial charge is 0.235 e. The van der Waals surface area contributed by atoms with Crippen molar-refractivity contribution >= 4 is 28.3 Å². The molecule has 0 aromatic heterocycles. The van der Waals surface area contributed by atoms with Crippen molar-refractivity contribution in [2.24, 2.45) is 11.7 Å². The van der Waals surface area contributed by atoms with Crippen LogP contribution in [0.25, 0.3) is 0 Å². The Kier molecular flexibility index (Phi) is 6.71. The van der Waals surface area contributed by atoms with Crippen LogP contribution in [0.2, 0.25) is 0 Å². The molecule has 3 N–H and O–H groups in total. The molecule has 1 saturated heterocycles. The molecule has 2 aliphatic rings. The minimum Gasteiger partial charge on any atom is -0.352 e. The highest BCUT2D eigenvalue weighted by atomic mass is 35.5. The molecule has 8 heteroatoms. The van der Waals surface area contributed by atoms with Gasteiger partial charge >= 0.3 is 0 Å². The number of nitrogens with zero attached hydrogens (tertiary/aromatic N) is 1. The topological polar surface area (TPSA) is 92.5 Å². The Morgan fingerprint density at radius 2 is 1.95 bits per heavy atom. The Morgan fingerprint density at radius 3 is 2.55 bits per heavy atom. The molecule has 2 fully saturated rings. The van der Waals surface area contributed by atoms with Crippen molar-refractivity contribution in [3.8, 4) is 0 Å². The highest BCUT2D eigenvalue weighted by Gasteiger charge is 2.31. The van der Waals surface area contributed by atoms with Crippen molar-refractivity contribution in [2.75, 3.05) is 25.4 Å². The largest absolute Gasteiger partial charge is 0.352 e. The molecule has 118 valence electrons. The first kappa shape index (κ1) is 17.7. The number of carbonyl (C=O) groups is 1. The van der Waals surface area contributed by atoms with Crippen LogP contribution in [0.15, 0.2) is 0 Å². The molecule has 6 nitrogen and oxygen atoms in total. The van der Waals surface area contributed by atoms with Gasteiger partial charge in [0, 0.05) is 12.6 Å². The summed E-state index contributed by atoms with van der Waals surface area (Å²) in [5.41, 5.74) is 5.72. The van der Waals surface area contributed by atoms with Crippen LogP contribution in [-0.4, -0.2) is 50.1 Å². The summed E-state index contributed by atoms with van der Waals surface area (Å²) in [6.07, 6.45) is 4.87. The second kappa shape index (κ2) is 7.59. The van der Waals surface area contributed by atoms with Crippen molar-refractivity contribution in [1.82, 2.24) is 9.62 Å². The van der Waals surface area contributed by atoms with Gasteiger partial charge in [-0.05, 0) is 31.7 Å². The highest BCUT2D eigenvalue weighted by Crippen LogP contribution is 2.23. The van der Waals surface area contributed by atoms with E-state index in [2.05, 4.69) is 5.32 Å². The maximum atomic E-state index is 12.0. The molecule has 0 aromatic carbocycles. The van der Waals surface area contributed by atoms with E-state index in [1.807, 2.05) is 0 Å². The van der Waals surface area contributed by atoms with Crippen LogP contribution in [0.5, 0.6) is 0 Å². The van der Waals surface area contributed by atoms with E-state index in [0.29, 0.717) is 25.4 Å². The molecule has 0 radical (unpaired) electrons. The number of rotatable bonds is 4. The van der Waals surface area contributed by atoms with E-state index in [1.54, 1.807) is 0 Å². The van der Waals surface area contributed by atoms with E-state index in [9.17, 15) is 13.2 Å². The van der Waals surface area contributed by atoms with Gasteiger partial charge in [-0.2, -0.15) is 4.31 Å². The number of nitrogens with two attached hydrogens (primary N) is 1. The molecule has 1 saturated carbocycles. The lowest BCUT2D eigenvalue weighted by molar-refractivity contribution is -0.122. The van der Waals surface area contributed by atoms with Gasteiger partial charge in [0.2, 0.25) is 15.9 Å². The molecule has 2 atom stereocenters. The lowest BCUT2D eigenvalue weighted by Gasteiger charge is -2.31. The fourth-order valence-corrected chi connectivity index (χ4v) is 4.43. The summed E-state index contributed by atoms with van der Waals surface area (Å²) >= 11 is 0. The number of hydrogen-bond donors (Lipinski definition) is 2. The summed E-state index contributed by atoms with van der Waals surface area (Å²) in [4.78, 5) is 12.0. The molecule has 1 amide bonds. The van der Waals surface area contributed by atoms with Gasteiger partial charge < -0.3 is 11.1 Å². The van der Waals surface area contributed by atoms with E-state index in [-0.39, 0.29) is 36.7 Å². The average molecular weight is 326 g/mol. The quantitative estimate of drug-likeness (QED) is 0.765. The predicted octanol–water partition coefficient (Wildman–Crippen LogP) is 0.0774. The first-order valence-corrected chi connectivity index (χ1v) is 8.61. The fraction of sp³-hybridized carbons (Fsp3) is 0.917. The summed E-state index contributed by atoms with van der Waals surface area (Å²) in [6, 6.07) is 0.108. The molecular weight excluding hydrogens is 302 g/mol. The first-order chi connectivity index (χ1) is 9.03. The maximum Gasteiger partial charge on any atom is 0.235 e. The second-order valence-electron chi connectivity index (χ2n) is 5.46. The third kappa shape index (κ3) is 4.31. The van der Waals surface area contributed by atoms with Crippen molar-refractivity contribution < 1.29 is 13.2 Å². The SMILES string of the molecule is Cl.NCC1CCCCC1NC(=O)CN1CCCS1(=O)=O. The van der Waals surface area contributed by atoms with E-state index in [1.165, 1.54) is 4.31 Å². The first-order valence-electron chi connectivity index (χ1n) is 7.00. The molecule has 1 aliphatic carbocycles. The van der Waals surface area contributed by atoms with Gasteiger partial charge in [0.1, 0.15) is 0 Å². The number of amides is 1. The number of carbonyl (C=O) groups excluding carboxylic acids is 1. The third-order valence-corrected chi connectivity index (χ3v) is 5.98. The molecule has 1 heterocycles. The predicted molar refractivity (Wildman–Crippen MR) is 80.2 cm³/mol. The van der Waals surface area contributed by atoms with Crippen LogP contribution < -0.4 is 11.1 Å². The second-order valence-corrected chi connectivity index (χ2v) is 7.55. The van der Waals surface area contributed by atoms with Crippen LogP contribution >= 0.6 is 12.4 Å². The third-order valence-electron chi connectivity index (χ3n) is 4.08. The normalized spacial score (nSPS) is 29.6. The standard InChI is InChI=1S/C12H23N3O3S.ClH/c13-8-10-4-1-2-5-11(10)14-12(16)9-15-6-3-7-19(15,17)18;/h10-11H,1-9,13H2,(H,14,16);1H. The van der Waals surface area contributed by atoms with Gasteiger partial charge in [-0.1, -0.05) is 12.8 Å². The van der Waals surface area contributed by atoms with Crippen molar-refractivity contribution in [3.05, 3.63) is 0 Å². The lowest BCUT2D eigenvalue weighted by atomic mass is 9.84. The van der Waals surface area contributed by atoms with Crippen molar-refractivity contribution in [1.29, 1.82) is 0 Å². The number of hydrogen-bond acceptors (Lipinski definition) is 4. The van der Waals surface area contributed by atoms with Crippen LogP contribution in [0.3, 0.4) is 0 Å². The number of nitrogens with one attached hydrogen (secondary N) is 1. The van der Waals surface area contributed by atoms with E-state index < -0.39 is 10.0 Å². The fourth-order valence-electron chi connectivity index (χ4n) is 2.96. The molecule has 0 spiro atoms. The summed E-state index contributed by atoms with van der Waals surface area (Å²) < 4.78 is 24.6. The van der Waals surface area contributed by atoms with Crippen LogP contribution in [0.4, 0.5) is 0 Å². The van der Waals surface area contributed by atoms with Gasteiger partial charge in [0.05, 0.1) is 12.3 Å². The minimum atomic E-state index is -3.19. The van der Waals surface area contributed by atoms with Crippen LogP contribution in [0, 0.1) is 5.92 Å². The Labute approximate surface area is 126 Å². The maximum absolute atomic E-state index is 12.0. The Morgan fingerprint density at radius 1 is 1.25 bits per heavy atom. The van der Waals surface area contributed by atoms with Gasteiger partial charge in [0.15, 0.2) is 0 Å². The van der Waals surface area contributed by atoms with Crippen molar-refractivity contribution in [3.63, 3.8) is 0 Å².